The molecule has 0 radical (unpaired) electrons. The van der Waals surface area contributed by atoms with Crippen LogP contribution in [0.4, 0.5) is 0 Å². The fourth-order valence-electron chi connectivity index (χ4n) is 2.69. The van der Waals surface area contributed by atoms with Crippen LogP contribution in [0.15, 0.2) is 18.2 Å². The van der Waals surface area contributed by atoms with Crippen molar-refractivity contribution in [1.29, 1.82) is 0 Å². The van der Waals surface area contributed by atoms with Gasteiger partial charge in [0.05, 0.1) is 48.8 Å². The van der Waals surface area contributed by atoms with Crippen LogP contribution in [-0.2, 0) is 22.2 Å². The standard InChI is InChI=1S/C18H31N3O2S/c1-14-16(10-11-20(2,3)4)17-12-15(8-9-18(17)19-14)13-24(22,23)21(5,6)7/h8-9,12,19H,10-11,13H2,1-7H3/q+2. The molecule has 1 aromatic carbocycles. The number of quaternary nitrogens is 2. The molecule has 0 saturated carbocycles. The Morgan fingerprint density at radius 3 is 2.21 bits per heavy atom. The van der Waals surface area contributed by atoms with Gasteiger partial charge in [0.2, 0.25) is 0 Å². The molecule has 6 heteroatoms. The molecule has 2 aromatic rings. The lowest BCUT2D eigenvalue weighted by Crippen LogP contribution is -2.41. The Labute approximate surface area is 146 Å². The minimum atomic E-state index is -3.24. The molecule has 0 atom stereocenters. The lowest BCUT2D eigenvalue weighted by Gasteiger charge is -2.24. The quantitative estimate of drug-likeness (QED) is 0.810. The molecule has 5 nitrogen and oxygen atoms in total. The highest BCUT2D eigenvalue weighted by atomic mass is 32.2. The number of fused-ring (bicyclic) bond motifs is 1. The highest BCUT2D eigenvalue weighted by Crippen LogP contribution is 2.26. The van der Waals surface area contributed by atoms with Crippen LogP contribution in [0.25, 0.3) is 10.9 Å². The van der Waals surface area contributed by atoms with Crippen LogP contribution in [0, 0.1) is 6.92 Å². The number of hydrogen-bond acceptors (Lipinski definition) is 2. The Morgan fingerprint density at radius 2 is 1.67 bits per heavy atom. The van der Waals surface area contributed by atoms with Gasteiger partial charge >= 0.3 is 10.0 Å². The molecule has 0 fully saturated rings. The van der Waals surface area contributed by atoms with E-state index in [0.717, 1.165) is 33.9 Å². The highest BCUT2D eigenvalue weighted by molar-refractivity contribution is 7.85. The van der Waals surface area contributed by atoms with E-state index in [1.54, 1.807) is 21.1 Å². The van der Waals surface area contributed by atoms with Gasteiger partial charge in [-0.25, -0.2) is 3.89 Å². The van der Waals surface area contributed by atoms with Crippen molar-refractivity contribution in [2.75, 3.05) is 48.8 Å². The van der Waals surface area contributed by atoms with Crippen LogP contribution in [0.2, 0.25) is 0 Å². The predicted octanol–water partition coefficient (Wildman–Crippen LogP) is 2.26. The Hall–Kier alpha value is -1.37. The molecular weight excluding hydrogens is 322 g/mol. The Balaban J connectivity index is 2.39. The van der Waals surface area contributed by atoms with Crippen molar-refractivity contribution in [1.82, 2.24) is 4.98 Å². The zero-order valence-corrected chi connectivity index (χ0v) is 16.8. The Bertz CT molecular complexity index is 837. The van der Waals surface area contributed by atoms with Crippen molar-refractivity contribution in [3.05, 3.63) is 35.0 Å². The molecule has 2 rings (SSSR count). The van der Waals surface area contributed by atoms with E-state index in [1.165, 1.54) is 11.3 Å². The number of benzene rings is 1. The second-order valence-electron chi connectivity index (χ2n) is 8.49. The average Bonchev–Trinajstić information content (AvgIpc) is 2.69. The van der Waals surface area contributed by atoms with E-state index in [-0.39, 0.29) is 9.64 Å². The first-order chi connectivity index (χ1) is 10.8. The third-order valence-electron chi connectivity index (χ3n) is 4.40. The normalized spacial score (nSPS) is 13.6. The molecule has 0 aliphatic carbocycles. The highest BCUT2D eigenvalue weighted by Gasteiger charge is 2.28. The Kier molecular flexibility index (Phi) is 4.87. The number of nitrogens with zero attached hydrogens (tertiary/aromatic N) is 2. The van der Waals surface area contributed by atoms with Crippen molar-refractivity contribution in [2.24, 2.45) is 0 Å². The van der Waals surface area contributed by atoms with Gasteiger partial charge in [-0.15, -0.1) is 0 Å². The molecule has 1 aromatic heterocycles. The molecule has 0 unspecified atom stereocenters. The first-order valence-electron chi connectivity index (χ1n) is 8.25. The number of aromatic nitrogens is 1. The zero-order valence-electron chi connectivity index (χ0n) is 16.0. The molecule has 0 aliphatic rings. The molecule has 0 amide bonds. The van der Waals surface area contributed by atoms with E-state index in [4.69, 9.17) is 0 Å². The maximum absolute atomic E-state index is 12.5. The van der Waals surface area contributed by atoms with E-state index in [2.05, 4.69) is 33.1 Å². The van der Waals surface area contributed by atoms with Crippen molar-refractivity contribution >= 4 is 20.9 Å². The van der Waals surface area contributed by atoms with Gasteiger partial charge < -0.3 is 9.47 Å². The SMILES string of the molecule is Cc1[nH]c2ccc(CS(=O)(=O)[N+](C)(C)C)cc2c1CC[N+](C)(C)C. The summed E-state index contributed by atoms with van der Waals surface area (Å²) in [6, 6.07) is 5.95. The predicted molar refractivity (Wildman–Crippen MR) is 100 cm³/mol. The van der Waals surface area contributed by atoms with E-state index < -0.39 is 10.0 Å². The van der Waals surface area contributed by atoms with Gasteiger partial charge in [-0.2, -0.15) is 8.42 Å². The minimum Gasteiger partial charge on any atom is -0.358 e. The van der Waals surface area contributed by atoms with Gasteiger partial charge in [-0.3, -0.25) is 0 Å². The number of likely N-dealkylation sites (N-methyl/N-ethyl adjacent to an activating group) is 1. The summed E-state index contributed by atoms with van der Waals surface area (Å²) in [5, 5.41) is 1.15. The van der Waals surface area contributed by atoms with E-state index in [9.17, 15) is 8.42 Å². The van der Waals surface area contributed by atoms with E-state index in [0.29, 0.717) is 0 Å². The average molecular weight is 354 g/mol. The first kappa shape index (κ1) is 19.0. The van der Waals surface area contributed by atoms with Gasteiger partial charge in [-0.05, 0) is 30.2 Å². The first-order valence-corrected chi connectivity index (χ1v) is 9.86. The van der Waals surface area contributed by atoms with Gasteiger partial charge in [0.25, 0.3) is 0 Å². The van der Waals surface area contributed by atoms with Crippen molar-refractivity contribution in [2.45, 2.75) is 19.1 Å². The summed E-state index contributed by atoms with van der Waals surface area (Å²) >= 11 is 0. The molecule has 1 N–H and O–H groups in total. The van der Waals surface area contributed by atoms with Crippen LogP contribution in [-0.4, -0.2) is 70.6 Å². The topological polar surface area (TPSA) is 49.9 Å². The van der Waals surface area contributed by atoms with E-state index in [1.807, 2.05) is 18.2 Å². The molecule has 0 spiro atoms. The van der Waals surface area contributed by atoms with Crippen LogP contribution in [0.5, 0.6) is 0 Å². The molecule has 134 valence electrons. The number of H-pyrrole nitrogens is 1. The number of rotatable bonds is 6. The van der Waals surface area contributed by atoms with Crippen molar-refractivity contribution in [3.63, 3.8) is 0 Å². The van der Waals surface area contributed by atoms with Crippen LogP contribution >= 0.6 is 0 Å². The van der Waals surface area contributed by atoms with Gasteiger partial charge in [-0.1, -0.05) is 6.07 Å². The summed E-state index contributed by atoms with van der Waals surface area (Å²) in [6.07, 6.45) is 0.973. The molecule has 24 heavy (non-hydrogen) atoms. The monoisotopic (exact) mass is 353 g/mol. The second-order valence-corrected chi connectivity index (χ2v) is 11.0. The van der Waals surface area contributed by atoms with Crippen molar-refractivity contribution < 1.29 is 16.8 Å². The summed E-state index contributed by atoms with van der Waals surface area (Å²) in [5.41, 5.74) is 4.39. The number of aryl methyl sites for hydroxylation is 1. The smallest absolute Gasteiger partial charge is 0.300 e. The fraction of sp³-hybridized carbons (Fsp3) is 0.556. The fourth-order valence-corrected chi connectivity index (χ4v) is 3.68. The minimum absolute atomic E-state index is 0.0610. The molecule has 0 bridgehead atoms. The lowest BCUT2D eigenvalue weighted by atomic mass is 10.1. The summed E-state index contributed by atoms with van der Waals surface area (Å²) < 4.78 is 25.8. The summed E-state index contributed by atoms with van der Waals surface area (Å²) in [5.74, 6) is 0.0610. The summed E-state index contributed by atoms with van der Waals surface area (Å²) in [7, 11) is 8.40. The third kappa shape index (κ3) is 4.18. The lowest BCUT2D eigenvalue weighted by molar-refractivity contribution is -0.870. The second kappa shape index (κ2) is 6.17. The molecule has 0 saturated heterocycles. The maximum atomic E-state index is 12.5. The van der Waals surface area contributed by atoms with Crippen LogP contribution < -0.4 is 0 Å². The van der Waals surface area contributed by atoms with Gasteiger partial charge in [0, 0.05) is 23.0 Å². The molecular formula is C18H31N3O2S+2. The summed E-state index contributed by atoms with van der Waals surface area (Å²) in [4.78, 5) is 3.42. The van der Waals surface area contributed by atoms with Crippen LogP contribution in [0.3, 0.4) is 0 Å². The van der Waals surface area contributed by atoms with Crippen molar-refractivity contribution in [3.8, 4) is 0 Å². The number of aromatic amines is 1. The van der Waals surface area contributed by atoms with Gasteiger partial charge in [0.1, 0.15) is 5.75 Å². The summed E-state index contributed by atoms with van der Waals surface area (Å²) in [6.45, 7) is 3.13. The van der Waals surface area contributed by atoms with Gasteiger partial charge in [0.15, 0.2) is 0 Å². The largest absolute Gasteiger partial charge is 0.358 e. The Morgan fingerprint density at radius 1 is 1.04 bits per heavy atom. The van der Waals surface area contributed by atoms with E-state index >= 15 is 0 Å². The number of sulfonamides is 1. The molecule has 1 heterocycles. The zero-order chi connectivity index (χ0) is 18.3. The number of hydrogen-bond donors (Lipinski definition) is 1. The number of nitrogens with one attached hydrogen (secondary N) is 1. The third-order valence-corrected chi connectivity index (χ3v) is 6.77. The van der Waals surface area contributed by atoms with Crippen LogP contribution in [0.1, 0.15) is 16.8 Å². The maximum Gasteiger partial charge on any atom is 0.300 e. The molecule has 0 aliphatic heterocycles.